The highest BCUT2D eigenvalue weighted by Crippen LogP contribution is 2.15. The summed E-state index contributed by atoms with van der Waals surface area (Å²) in [7, 11) is 0. The van der Waals surface area contributed by atoms with E-state index in [0.717, 1.165) is 24.4 Å². The van der Waals surface area contributed by atoms with Crippen LogP contribution in [0.15, 0.2) is 24.3 Å². The van der Waals surface area contributed by atoms with Crippen molar-refractivity contribution in [3.05, 3.63) is 24.3 Å². The number of anilines is 1. The average Bonchev–Trinajstić information content (AvgIpc) is 2.33. The molecule has 0 saturated heterocycles. The van der Waals surface area contributed by atoms with Gasteiger partial charge in [-0.15, -0.1) is 0 Å². The third kappa shape index (κ3) is 4.94. The molecule has 1 rings (SSSR count). The van der Waals surface area contributed by atoms with Crippen molar-refractivity contribution in [2.45, 2.75) is 6.42 Å². The van der Waals surface area contributed by atoms with Crippen molar-refractivity contribution in [2.75, 3.05) is 30.5 Å². The van der Waals surface area contributed by atoms with E-state index in [0.29, 0.717) is 0 Å². The van der Waals surface area contributed by atoms with Gasteiger partial charge in [0.2, 0.25) is 0 Å². The van der Waals surface area contributed by atoms with Crippen LogP contribution in [0.25, 0.3) is 0 Å². The molecule has 0 heterocycles. The van der Waals surface area contributed by atoms with Crippen LogP contribution in [0.4, 0.5) is 5.69 Å². The highest BCUT2D eigenvalue weighted by atomic mass is 32.2. The maximum absolute atomic E-state index is 8.36. The lowest BCUT2D eigenvalue weighted by Crippen LogP contribution is -2.02. The average molecular weight is 236 g/mol. The van der Waals surface area contributed by atoms with E-state index in [-0.39, 0.29) is 6.61 Å². The number of nitrogens with zero attached hydrogens (tertiary/aromatic N) is 1. The van der Waals surface area contributed by atoms with Crippen molar-refractivity contribution in [3.8, 4) is 11.8 Å². The maximum Gasteiger partial charge on any atom is 0.174 e. The zero-order valence-corrected chi connectivity index (χ0v) is 10.2. The Balaban J connectivity index is 2.31. The molecule has 0 spiro atoms. The van der Waals surface area contributed by atoms with Crippen LogP contribution in [0, 0.1) is 11.3 Å². The van der Waals surface area contributed by atoms with Crippen LogP contribution in [0.5, 0.6) is 5.75 Å². The fraction of sp³-hybridized carbons (Fsp3) is 0.417. The Hall–Kier alpha value is -1.34. The molecule has 16 heavy (non-hydrogen) atoms. The minimum Gasteiger partial charge on any atom is -0.479 e. The first-order valence-electron chi connectivity index (χ1n) is 5.19. The number of rotatable bonds is 7. The maximum atomic E-state index is 8.36. The quantitative estimate of drug-likeness (QED) is 0.739. The Morgan fingerprint density at radius 1 is 1.38 bits per heavy atom. The number of nitriles is 1. The van der Waals surface area contributed by atoms with E-state index in [9.17, 15) is 0 Å². The summed E-state index contributed by atoms with van der Waals surface area (Å²) in [6, 6.07) is 9.61. The van der Waals surface area contributed by atoms with Crippen molar-refractivity contribution >= 4 is 17.4 Å². The smallest absolute Gasteiger partial charge is 0.174 e. The van der Waals surface area contributed by atoms with Crippen molar-refractivity contribution < 1.29 is 4.74 Å². The van der Waals surface area contributed by atoms with Gasteiger partial charge in [-0.3, -0.25) is 0 Å². The fourth-order valence-corrected chi connectivity index (χ4v) is 1.67. The van der Waals surface area contributed by atoms with E-state index in [1.54, 1.807) is 0 Å². The molecule has 0 fully saturated rings. The van der Waals surface area contributed by atoms with Gasteiger partial charge in [-0.2, -0.15) is 17.0 Å². The number of thioether (sulfide) groups is 1. The fourth-order valence-electron chi connectivity index (χ4n) is 1.23. The topological polar surface area (TPSA) is 45.0 Å². The minimum atomic E-state index is 0.0977. The summed E-state index contributed by atoms with van der Waals surface area (Å²) in [5, 5.41) is 11.7. The lowest BCUT2D eigenvalue weighted by Gasteiger charge is -2.06. The van der Waals surface area contributed by atoms with Gasteiger partial charge in [0.25, 0.3) is 0 Å². The van der Waals surface area contributed by atoms with E-state index in [2.05, 4.69) is 11.6 Å². The van der Waals surface area contributed by atoms with Crippen LogP contribution in [0.2, 0.25) is 0 Å². The van der Waals surface area contributed by atoms with Crippen LogP contribution in [-0.2, 0) is 0 Å². The molecule has 0 bridgehead atoms. The lowest BCUT2D eigenvalue weighted by molar-refractivity contribution is 0.368. The van der Waals surface area contributed by atoms with Crippen LogP contribution >= 0.6 is 11.8 Å². The van der Waals surface area contributed by atoms with Gasteiger partial charge >= 0.3 is 0 Å². The second-order valence-electron chi connectivity index (χ2n) is 3.24. The predicted octanol–water partition coefficient (Wildman–Crippen LogP) is 2.75. The van der Waals surface area contributed by atoms with Crippen LogP contribution in [-0.4, -0.2) is 25.2 Å². The van der Waals surface area contributed by atoms with Gasteiger partial charge in [-0.25, -0.2) is 0 Å². The molecule has 0 aliphatic carbocycles. The highest BCUT2D eigenvalue weighted by Gasteiger charge is 1.94. The molecule has 0 atom stereocenters. The summed E-state index contributed by atoms with van der Waals surface area (Å²) in [4.78, 5) is 0. The first-order valence-corrected chi connectivity index (χ1v) is 6.59. The van der Waals surface area contributed by atoms with Crippen molar-refractivity contribution in [1.82, 2.24) is 0 Å². The molecule has 0 unspecified atom stereocenters. The second-order valence-corrected chi connectivity index (χ2v) is 4.23. The molecule has 1 aromatic rings. The largest absolute Gasteiger partial charge is 0.479 e. The molecular formula is C12H16N2OS. The van der Waals surface area contributed by atoms with Crippen molar-refractivity contribution in [1.29, 1.82) is 5.26 Å². The van der Waals surface area contributed by atoms with Gasteiger partial charge in [0.1, 0.15) is 11.8 Å². The second kappa shape index (κ2) is 7.89. The van der Waals surface area contributed by atoms with Gasteiger partial charge in [0.15, 0.2) is 6.61 Å². The Kier molecular flexibility index (Phi) is 6.28. The van der Waals surface area contributed by atoms with E-state index in [1.165, 1.54) is 5.75 Å². The summed E-state index contributed by atoms with van der Waals surface area (Å²) in [5.41, 5.74) is 1.09. The summed E-state index contributed by atoms with van der Waals surface area (Å²) < 4.78 is 5.16. The molecular weight excluding hydrogens is 220 g/mol. The molecule has 0 aromatic heterocycles. The molecule has 0 aliphatic rings. The zero-order chi connectivity index (χ0) is 11.6. The molecule has 0 radical (unpaired) electrons. The van der Waals surface area contributed by atoms with Gasteiger partial charge in [0, 0.05) is 12.2 Å². The van der Waals surface area contributed by atoms with Gasteiger partial charge in [0.05, 0.1) is 0 Å². The van der Waals surface area contributed by atoms with E-state index in [4.69, 9.17) is 10.00 Å². The van der Waals surface area contributed by atoms with Gasteiger partial charge in [-0.1, -0.05) is 0 Å². The third-order valence-corrected chi connectivity index (χ3v) is 2.71. The zero-order valence-electron chi connectivity index (χ0n) is 9.40. The molecule has 86 valence electrons. The molecule has 0 aliphatic heterocycles. The molecule has 4 heteroatoms. The van der Waals surface area contributed by atoms with Crippen LogP contribution in [0.1, 0.15) is 6.42 Å². The van der Waals surface area contributed by atoms with Crippen LogP contribution < -0.4 is 10.1 Å². The number of nitrogens with one attached hydrogen (secondary N) is 1. The van der Waals surface area contributed by atoms with Gasteiger partial charge in [-0.05, 0) is 42.7 Å². The number of hydrogen-bond donors (Lipinski definition) is 1. The number of benzene rings is 1. The summed E-state index contributed by atoms with van der Waals surface area (Å²) in [6.07, 6.45) is 3.27. The van der Waals surface area contributed by atoms with Crippen molar-refractivity contribution in [2.24, 2.45) is 0 Å². The molecule has 0 saturated carbocycles. The van der Waals surface area contributed by atoms with Gasteiger partial charge < -0.3 is 10.1 Å². The summed E-state index contributed by atoms with van der Waals surface area (Å²) in [6.45, 7) is 1.08. The Morgan fingerprint density at radius 3 is 2.75 bits per heavy atom. The standard InChI is InChI=1S/C12H16N2OS/c1-16-10-2-8-14-11-3-5-12(6-4-11)15-9-7-13/h3-6,14H,2,8-10H2,1H3. The molecule has 0 amide bonds. The molecule has 1 N–H and O–H groups in total. The van der Waals surface area contributed by atoms with Crippen molar-refractivity contribution in [3.63, 3.8) is 0 Å². The van der Waals surface area contributed by atoms with E-state index >= 15 is 0 Å². The first-order chi connectivity index (χ1) is 7.86. The van der Waals surface area contributed by atoms with E-state index in [1.807, 2.05) is 42.1 Å². The Bertz CT molecular complexity index is 332. The van der Waals surface area contributed by atoms with E-state index < -0.39 is 0 Å². The highest BCUT2D eigenvalue weighted by molar-refractivity contribution is 7.98. The van der Waals surface area contributed by atoms with Crippen LogP contribution in [0.3, 0.4) is 0 Å². The first kappa shape index (κ1) is 12.7. The normalized spacial score (nSPS) is 9.50. The Morgan fingerprint density at radius 2 is 2.12 bits per heavy atom. The summed E-state index contributed by atoms with van der Waals surface area (Å²) >= 11 is 1.86. The SMILES string of the molecule is CSCCCNc1ccc(OCC#N)cc1. The minimum absolute atomic E-state index is 0.0977. The number of ether oxygens (including phenoxy) is 1. The third-order valence-electron chi connectivity index (χ3n) is 2.01. The molecule has 3 nitrogen and oxygen atoms in total. The monoisotopic (exact) mass is 236 g/mol. The number of hydrogen-bond acceptors (Lipinski definition) is 4. The Labute approximate surface area is 101 Å². The predicted molar refractivity (Wildman–Crippen MR) is 69.0 cm³/mol. The lowest BCUT2D eigenvalue weighted by atomic mass is 10.3. The molecule has 1 aromatic carbocycles. The summed E-state index contributed by atoms with van der Waals surface area (Å²) in [5.74, 6) is 1.91.